The maximum absolute atomic E-state index is 2.38. The van der Waals surface area contributed by atoms with Crippen molar-refractivity contribution in [1.29, 1.82) is 0 Å². The molecule has 0 saturated carbocycles. The zero-order valence-corrected chi connectivity index (χ0v) is 27.6. The molecule has 0 saturated heterocycles. The molecule has 11 aromatic rings. The molecule has 4 heteroatoms. The van der Waals surface area contributed by atoms with E-state index in [9.17, 15) is 0 Å². The molecular formula is C42H22S4. The molecule has 0 N–H and O–H groups in total. The van der Waals surface area contributed by atoms with Crippen molar-refractivity contribution in [3.63, 3.8) is 0 Å². The van der Waals surface area contributed by atoms with Crippen molar-refractivity contribution in [3.8, 4) is 22.3 Å². The van der Waals surface area contributed by atoms with Gasteiger partial charge in [0.25, 0.3) is 0 Å². The van der Waals surface area contributed by atoms with Crippen LogP contribution < -0.4 is 0 Å². The van der Waals surface area contributed by atoms with E-state index in [0.717, 1.165) is 0 Å². The van der Waals surface area contributed by atoms with Gasteiger partial charge in [0.15, 0.2) is 0 Å². The second-order valence-corrected chi connectivity index (χ2v) is 16.3. The third-order valence-electron chi connectivity index (χ3n) is 9.48. The summed E-state index contributed by atoms with van der Waals surface area (Å²) in [6, 6.07) is 50.1. The summed E-state index contributed by atoms with van der Waals surface area (Å²) in [5.41, 5.74) is 5.09. The first-order valence-electron chi connectivity index (χ1n) is 15.4. The largest absolute Gasteiger partial charge is 0.134 e. The molecule has 4 aromatic heterocycles. The Morgan fingerprint density at radius 1 is 0.261 bits per heavy atom. The van der Waals surface area contributed by atoms with Gasteiger partial charge in [0.1, 0.15) is 0 Å². The van der Waals surface area contributed by atoms with E-state index in [1.54, 1.807) is 0 Å². The van der Waals surface area contributed by atoms with E-state index in [-0.39, 0.29) is 0 Å². The predicted molar refractivity (Wildman–Crippen MR) is 209 cm³/mol. The number of fused-ring (bicyclic) bond motifs is 13. The van der Waals surface area contributed by atoms with E-state index in [2.05, 4.69) is 133 Å². The zero-order valence-electron chi connectivity index (χ0n) is 24.3. The zero-order chi connectivity index (χ0) is 29.9. The van der Waals surface area contributed by atoms with Crippen LogP contribution in [-0.2, 0) is 0 Å². The topological polar surface area (TPSA) is 0 Å². The smallest absolute Gasteiger partial charge is 0.0542 e. The molecule has 0 radical (unpaired) electrons. The van der Waals surface area contributed by atoms with Gasteiger partial charge in [0.2, 0.25) is 0 Å². The molecule has 0 bridgehead atoms. The van der Waals surface area contributed by atoms with Gasteiger partial charge in [0.05, 0.1) is 18.8 Å². The lowest BCUT2D eigenvalue weighted by molar-refractivity contribution is 1.69. The summed E-state index contributed by atoms with van der Waals surface area (Å²) in [4.78, 5) is 0. The lowest BCUT2D eigenvalue weighted by Gasteiger charge is -2.10. The maximum Gasteiger partial charge on any atom is 0.0542 e. The number of benzene rings is 7. The van der Waals surface area contributed by atoms with Crippen molar-refractivity contribution in [1.82, 2.24) is 0 Å². The van der Waals surface area contributed by atoms with Crippen molar-refractivity contribution >= 4 is 126 Å². The highest BCUT2D eigenvalue weighted by Crippen LogP contribution is 2.46. The Kier molecular flexibility index (Phi) is 5.27. The second kappa shape index (κ2) is 9.47. The van der Waals surface area contributed by atoms with Gasteiger partial charge in [-0.15, -0.1) is 45.3 Å². The molecule has 0 fully saturated rings. The number of hydrogen-bond acceptors (Lipinski definition) is 4. The van der Waals surface area contributed by atoms with Gasteiger partial charge in [0, 0.05) is 40.3 Å². The van der Waals surface area contributed by atoms with Gasteiger partial charge in [-0.3, -0.25) is 0 Å². The Labute approximate surface area is 280 Å². The fourth-order valence-electron chi connectivity index (χ4n) is 7.20. The molecule has 0 aliphatic rings. The monoisotopic (exact) mass is 654 g/mol. The van der Waals surface area contributed by atoms with Gasteiger partial charge >= 0.3 is 0 Å². The second-order valence-electron chi connectivity index (χ2n) is 12.1. The van der Waals surface area contributed by atoms with Crippen LogP contribution in [0.25, 0.3) is 103 Å². The van der Waals surface area contributed by atoms with Crippen LogP contribution in [0.3, 0.4) is 0 Å². The molecule has 0 nitrogen and oxygen atoms in total. The first kappa shape index (κ1) is 25.6. The standard InChI is InChI=1S/C42H22S4/c1-3-7-35-31(5-1)39-41(43-35)33-17-13-25(21-37(33)45-39)23-11-15-29-27(19-23)9-10-28-20-24(12-16-30(28)29)26-14-18-34-38(22-26)46-40-32-6-2-4-8-36(32)44-42(34)40/h1-22H. The minimum atomic E-state index is 1.27. The Morgan fingerprint density at radius 3 is 1.07 bits per heavy atom. The molecule has 0 aliphatic heterocycles. The summed E-state index contributed by atoms with van der Waals surface area (Å²) in [7, 11) is 0. The summed E-state index contributed by atoms with van der Waals surface area (Å²) in [6.45, 7) is 0. The van der Waals surface area contributed by atoms with Crippen LogP contribution in [0.1, 0.15) is 0 Å². The average molecular weight is 655 g/mol. The number of hydrogen-bond donors (Lipinski definition) is 0. The SMILES string of the molecule is c1ccc2c(c1)sc1c3ccc(-c4ccc5c(ccc6cc(-c7ccc8c(c7)sc7c9ccccc9sc87)ccc65)c4)cc3sc21. The van der Waals surface area contributed by atoms with Crippen LogP contribution in [-0.4, -0.2) is 0 Å². The third-order valence-corrected chi connectivity index (χ3v) is 14.5. The molecule has 214 valence electrons. The highest BCUT2D eigenvalue weighted by atomic mass is 32.1. The molecule has 0 amide bonds. The minimum Gasteiger partial charge on any atom is -0.134 e. The lowest BCUT2D eigenvalue weighted by Crippen LogP contribution is -1.83. The minimum absolute atomic E-state index is 1.27. The number of thiophene rings is 4. The molecule has 11 rings (SSSR count). The average Bonchev–Trinajstić information content (AvgIpc) is 3.85. The van der Waals surface area contributed by atoms with Crippen LogP contribution in [0.15, 0.2) is 133 Å². The Hall–Kier alpha value is -4.58. The molecule has 4 heterocycles. The molecule has 0 unspecified atom stereocenters. The summed E-state index contributed by atoms with van der Waals surface area (Å²) >= 11 is 7.68. The quantitative estimate of drug-likeness (QED) is 0.163. The van der Waals surface area contributed by atoms with E-state index in [1.165, 1.54) is 103 Å². The fraction of sp³-hybridized carbons (Fsp3) is 0. The highest BCUT2D eigenvalue weighted by Gasteiger charge is 2.15. The van der Waals surface area contributed by atoms with E-state index >= 15 is 0 Å². The predicted octanol–water partition coefficient (Wildman–Crippen LogP) is 14.5. The first-order valence-corrected chi connectivity index (χ1v) is 18.7. The van der Waals surface area contributed by atoms with Crippen molar-refractivity contribution < 1.29 is 0 Å². The van der Waals surface area contributed by atoms with Gasteiger partial charge in [-0.1, -0.05) is 97.1 Å². The van der Waals surface area contributed by atoms with E-state index < -0.39 is 0 Å². The van der Waals surface area contributed by atoms with Crippen LogP contribution in [0.4, 0.5) is 0 Å². The van der Waals surface area contributed by atoms with Crippen molar-refractivity contribution in [2.24, 2.45) is 0 Å². The molecule has 46 heavy (non-hydrogen) atoms. The van der Waals surface area contributed by atoms with Gasteiger partial charge in [-0.05, 0) is 80.2 Å². The summed E-state index contributed by atoms with van der Waals surface area (Å²) < 4.78 is 11.2. The lowest BCUT2D eigenvalue weighted by atomic mass is 9.95. The Bertz CT molecular complexity index is 2830. The van der Waals surface area contributed by atoms with Gasteiger partial charge in [-0.2, -0.15) is 0 Å². The van der Waals surface area contributed by atoms with E-state index in [0.29, 0.717) is 0 Å². The Balaban J connectivity index is 0.972. The van der Waals surface area contributed by atoms with Crippen molar-refractivity contribution in [3.05, 3.63) is 133 Å². The van der Waals surface area contributed by atoms with E-state index in [4.69, 9.17) is 0 Å². The van der Waals surface area contributed by atoms with Crippen LogP contribution in [0, 0.1) is 0 Å². The van der Waals surface area contributed by atoms with Crippen LogP contribution in [0.5, 0.6) is 0 Å². The molecule has 0 spiro atoms. The summed E-state index contributed by atoms with van der Waals surface area (Å²) in [5, 5.41) is 10.7. The van der Waals surface area contributed by atoms with Crippen LogP contribution in [0.2, 0.25) is 0 Å². The third kappa shape index (κ3) is 3.64. The first-order chi connectivity index (χ1) is 22.7. The van der Waals surface area contributed by atoms with Crippen molar-refractivity contribution in [2.75, 3.05) is 0 Å². The Morgan fingerprint density at radius 2 is 0.609 bits per heavy atom. The fourth-order valence-corrected chi connectivity index (χ4v) is 12.6. The summed E-state index contributed by atoms with van der Waals surface area (Å²) in [6.07, 6.45) is 0. The van der Waals surface area contributed by atoms with Crippen molar-refractivity contribution in [2.45, 2.75) is 0 Å². The van der Waals surface area contributed by atoms with E-state index in [1.807, 2.05) is 45.3 Å². The molecular weight excluding hydrogens is 633 g/mol. The maximum atomic E-state index is 2.38. The number of rotatable bonds is 2. The normalized spacial score (nSPS) is 12.3. The molecule has 0 atom stereocenters. The highest BCUT2D eigenvalue weighted by molar-refractivity contribution is 7.37. The van der Waals surface area contributed by atoms with Gasteiger partial charge in [-0.25, -0.2) is 0 Å². The molecule has 7 aromatic carbocycles. The van der Waals surface area contributed by atoms with Gasteiger partial charge < -0.3 is 0 Å². The summed E-state index contributed by atoms with van der Waals surface area (Å²) in [5.74, 6) is 0. The molecule has 0 aliphatic carbocycles. The van der Waals surface area contributed by atoms with Crippen LogP contribution >= 0.6 is 45.3 Å².